The third kappa shape index (κ3) is 6.11. The largest absolute Gasteiger partial charge is 0.438 e. The topological polar surface area (TPSA) is 116 Å². The van der Waals surface area contributed by atoms with Gasteiger partial charge < -0.3 is 29.6 Å². The summed E-state index contributed by atoms with van der Waals surface area (Å²) < 4.78 is 13.5. The smallest absolute Gasteiger partial charge is 0.259 e. The molecule has 3 atom stereocenters. The van der Waals surface area contributed by atoms with Crippen molar-refractivity contribution in [2.45, 2.75) is 37.8 Å². The van der Waals surface area contributed by atoms with Crippen molar-refractivity contribution in [3.05, 3.63) is 84.3 Å². The van der Waals surface area contributed by atoms with Gasteiger partial charge in [-0.2, -0.15) is 0 Å². The van der Waals surface area contributed by atoms with Crippen LogP contribution in [0.5, 0.6) is 11.6 Å². The van der Waals surface area contributed by atoms with E-state index in [0.717, 1.165) is 42.7 Å². The molecule has 10 nitrogen and oxygen atoms in total. The molecule has 10 heteroatoms. The van der Waals surface area contributed by atoms with E-state index in [0.29, 0.717) is 37.6 Å². The number of para-hydroxylation sites is 3. The lowest BCUT2D eigenvalue weighted by Crippen LogP contribution is -2.47. The Kier molecular flexibility index (Phi) is 8.67. The molecule has 0 aliphatic carbocycles. The molecule has 2 aromatic heterocycles. The fourth-order valence-electron chi connectivity index (χ4n) is 6.29. The van der Waals surface area contributed by atoms with Crippen LogP contribution in [0.2, 0.25) is 0 Å². The SMILES string of the molecule is COCCCn1c([C@@H]2CCCN(C(=O)[C@@H]3CN(C(=O)c4cccnc4Oc4ccccc4)C[C@H]3N)C2)nc2ccccc21. The number of hydrogen-bond acceptors (Lipinski definition) is 7. The number of aryl methyl sites for hydroxylation is 1. The second-order valence-corrected chi connectivity index (χ2v) is 11.3. The number of imidazole rings is 1. The Balaban J connectivity index is 1.16. The van der Waals surface area contributed by atoms with E-state index in [-0.39, 0.29) is 30.2 Å². The molecule has 2 fully saturated rings. The second kappa shape index (κ2) is 12.9. The predicted molar refractivity (Wildman–Crippen MR) is 163 cm³/mol. The van der Waals surface area contributed by atoms with Crippen LogP contribution in [0.1, 0.15) is 41.4 Å². The van der Waals surface area contributed by atoms with Gasteiger partial charge in [-0.05, 0) is 55.7 Å². The van der Waals surface area contributed by atoms with Crippen LogP contribution in [-0.4, -0.2) is 82.1 Å². The molecule has 4 heterocycles. The highest BCUT2D eigenvalue weighted by molar-refractivity contribution is 5.97. The van der Waals surface area contributed by atoms with E-state index in [4.69, 9.17) is 20.2 Å². The third-order valence-corrected chi connectivity index (χ3v) is 8.44. The maximum atomic E-state index is 13.9. The Hall–Kier alpha value is -4.28. The van der Waals surface area contributed by atoms with E-state index in [9.17, 15) is 9.59 Å². The normalized spacial score (nSPS) is 20.5. The fraction of sp³-hybridized carbons (Fsp3) is 0.394. The van der Waals surface area contributed by atoms with E-state index >= 15 is 0 Å². The Labute approximate surface area is 251 Å². The molecule has 2 saturated heterocycles. The molecule has 6 rings (SSSR count). The summed E-state index contributed by atoms with van der Waals surface area (Å²) >= 11 is 0. The van der Waals surface area contributed by atoms with Crippen molar-refractivity contribution in [1.29, 1.82) is 0 Å². The van der Waals surface area contributed by atoms with Crippen LogP contribution < -0.4 is 10.5 Å². The molecule has 0 unspecified atom stereocenters. The minimum absolute atomic E-state index is 0.00138. The number of amides is 2. The quantitative estimate of drug-likeness (QED) is 0.296. The van der Waals surface area contributed by atoms with Crippen molar-refractivity contribution in [3.8, 4) is 11.6 Å². The standard InChI is InChI=1S/C33H38N6O4/c1-42-19-9-18-39-29-15-6-5-14-28(29)36-30(39)23-10-8-17-37(20-23)33(41)26-21-38(22-27(26)34)32(40)25-13-7-16-35-31(25)43-24-11-3-2-4-12-24/h2-7,11-16,23,26-27H,8-10,17-22,34H2,1H3/t23-,26-,27-/m1/s1. The van der Waals surface area contributed by atoms with E-state index < -0.39 is 12.0 Å². The summed E-state index contributed by atoms with van der Waals surface area (Å²) in [6, 6.07) is 20.4. The first-order valence-electron chi connectivity index (χ1n) is 15.0. The van der Waals surface area contributed by atoms with Crippen LogP contribution in [0.3, 0.4) is 0 Å². The summed E-state index contributed by atoms with van der Waals surface area (Å²) in [6.07, 6.45) is 4.33. The maximum absolute atomic E-state index is 13.9. The Morgan fingerprint density at radius 2 is 1.79 bits per heavy atom. The van der Waals surface area contributed by atoms with Crippen molar-refractivity contribution in [3.63, 3.8) is 0 Å². The average molecular weight is 583 g/mol. The molecule has 2 aliphatic heterocycles. The minimum atomic E-state index is -0.474. The van der Waals surface area contributed by atoms with Gasteiger partial charge in [0.1, 0.15) is 17.1 Å². The Morgan fingerprint density at radius 1 is 0.977 bits per heavy atom. The van der Waals surface area contributed by atoms with Gasteiger partial charge in [-0.25, -0.2) is 9.97 Å². The van der Waals surface area contributed by atoms with Gasteiger partial charge in [0.2, 0.25) is 11.8 Å². The molecule has 2 amide bonds. The average Bonchev–Trinajstić information content (AvgIpc) is 3.62. The number of nitrogens with two attached hydrogens (primary N) is 1. The molecule has 2 N–H and O–H groups in total. The lowest BCUT2D eigenvalue weighted by Gasteiger charge is -2.35. The summed E-state index contributed by atoms with van der Waals surface area (Å²) in [5, 5.41) is 0. The molecule has 2 aliphatic rings. The number of rotatable bonds is 9. The first-order chi connectivity index (χ1) is 21.0. The van der Waals surface area contributed by atoms with Crippen LogP contribution in [0.4, 0.5) is 0 Å². The predicted octanol–water partition coefficient (Wildman–Crippen LogP) is 4.07. The van der Waals surface area contributed by atoms with Crippen molar-refractivity contribution in [2.75, 3.05) is 39.9 Å². The molecule has 0 saturated carbocycles. The van der Waals surface area contributed by atoms with Crippen molar-refractivity contribution in [1.82, 2.24) is 24.3 Å². The van der Waals surface area contributed by atoms with Gasteiger partial charge in [0.15, 0.2) is 0 Å². The fourth-order valence-corrected chi connectivity index (χ4v) is 6.29. The van der Waals surface area contributed by atoms with E-state index in [1.54, 1.807) is 30.3 Å². The third-order valence-electron chi connectivity index (χ3n) is 8.44. The van der Waals surface area contributed by atoms with Gasteiger partial charge in [0.25, 0.3) is 5.91 Å². The van der Waals surface area contributed by atoms with Crippen LogP contribution in [0, 0.1) is 5.92 Å². The molecular formula is C33H38N6O4. The van der Waals surface area contributed by atoms with Crippen LogP contribution in [0.25, 0.3) is 11.0 Å². The van der Waals surface area contributed by atoms with Gasteiger partial charge in [-0.1, -0.05) is 30.3 Å². The molecular weight excluding hydrogens is 544 g/mol. The number of aromatic nitrogens is 3. The highest BCUT2D eigenvalue weighted by Gasteiger charge is 2.41. The number of carbonyl (C=O) groups is 2. The first-order valence-corrected chi connectivity index (χ1v) is 15.0. The van der Waals surface area contributed by atoms with Crippen LogP contribution >= 0.6 is 0 Å². The molecule has 43 heavy (non-hydrogen) atoms. The van der Waals surface area contributed by atoms with Crippen molar-refractivity contribution in [2.24, 2.45) is 11.7 Å². The number of carbonyl (C=O) groups excluding carboxylic acids is 2. The zero-order valence-electron chi connectivity index (χ0n) is 24.5. The zero-order valence-corrected chi connectivity index (χ0v) is 24.5. The number of hydrogen-bond donors (Lipinski definition) is 1. The summed E-state index contributed by atoms with van der Waals surface area (Å²) in [7, 11) is 1.72. The minimum Gasteiger partial charge on any atom is -0.438 e. The molecule has 0 radical (unpaired) electrons. The zero-order chi connectivity index (χ0) is 29.8. The molecule has 0 spiro atoms. The number of pyridine rings is 1. The van der Waals surface area contributed by atoms with Gasteiger partial charge in [-0.3, -0.25) is 9.59 Å². The Morgan fingerprint density at radius 3 is 2.63 bits per heavy atom. The molecule has 224 valence electrons. The monoisotopic (exact) mass is 582 g/mol. The number of nitrogens with zero attached hydrogens (tertiary/aromatic N) is 5. The van der Waals surface area contributed by atoms with Crippen LogP contribution in [0.15, 0.2) is 72.9 Å². The van der Waals surface area contributed by atoms with Gasteiger partial charge in [0, 0.05) is 64.6 Å². The first kappa shape index (κ1) is 28.8. The molecule has 2 aromatic carbocycles. The number of methoxy groups -OCH3 is 1. The van der Waals surface area contributed by atoms with E-state index in [1.165, 1.54) is 0 Å². The van der Waals surface area contributed by atoms with Crippen molar-refractivity contribution >= 4 is 22.8 Å². The summed E-state index contributed by atoms with van der Waals surface area (Å²) in [4.78, 5) is 40.4. The summed E-state index contributed by atoms with van der Waals surface area (Å²) in [5.74, 6) is 1.24. The second-order valence-electron chi connectivity index (χ2n) is 11.3. The lowest BCUT2D eigenvalue weighted by molar-refractivity contribution is -0.136. The maximum Gasteiger partial charge on any atom is 0.259 e. The van der Waals surface area contributed by atoms with Crippen LogP contribution in [-0.2, 0) is 16.1 Å². The number of ether oxygens (including phenoxy) is 2. The molecule has 0 bridgehead atoms. The van der Waals surface area contributed by atoms with Gasteiger partial charge in [-0.15, -0.1) is 0 Å². The number of likely N-dealkylation sites (tertiary alicyclic amines) is 2. The highest BCUT2D eigenvalue weighted by Crippen LogP contribution is 2.32. The van der Waals surface area contributed by atoms with Gasteiger partial charge >= 0.3 is 0 Å². The Bertz CT molecular complexity index is 1570. The summed E-state index contributed by atoms with van der Waals surface area (Å²) in [6.45, 7) is 3.30. The van der Waals surface area contributed by atoms with Crippen molar-refractivity contribution < 1.29 is 19.1 Å². The number of fused-ring (bicyclic) bond motifs is 1. The summed E-state index contributed by atoms with van der Waals surface area (Å²) in [5.41, 5.74) is 8.95. The number of benzene rings is 2. The number of piperidine rings is 1. The van der Waals surface area contributed by atoms with E-state index in [2.05, 4.69) is 15.6 Å². The van der Waals surface area contributed by atoms with Gasteiger partial charge in [0.05, 0.1) is 17.0 Å². The molecule has 4 aromatic rings. The lowest BCUT2D eigenvalue weighted by atomic mass is 9.94. The van der Waals surface area contributed by atoms with E-state index in [1.807, 2.05) is 53.4 Å². The highest BCUT2D eigenvalue weighted by atomic mass is 16.5.